The lowest BCUT2D eigenvalue weighted by Crippen LogP contribution is -2.36. The van der Waals surface area contributed by atoms with Crippen molar-refractivity contribution in [2.75, 3.05) is 6.54 Å². The number of aryl methyl sites for hydroxylation is 1. The van der Waals surface area contributed by atoms with Gasteiger partial charge in [0.05, 0.1) is 16.2 Å². The number of carboxylic acids is 1. The van der Waals surface area contributed by atoms with Gasteiger partial charge in [0.25, 0.3) is 5.91 Å². The molecule has 1 aliphatic rings. The molecule has 0 radical (unpaired) electrons. The number of thiophene rings is 1. The van der Waals surface area contributed by atoms with Crippen LogP contribution in [0.2, 0.25) is 4.34 Å². The van der Waals surface area contributed by atoms with Crippen molar-refractivity contribution in [1.29, 1.82) is 0 Å². The SMILES string of the molecule is Cc1coc(CC(=O)O)c1C(=O)N1CCc2sc(Cl)cc2C1. The largest absolute Gasteiger partial charge is 0.481 e. The molecule has 0 saturated carbocycles. The third-order valence-electron chi connectivity index (χ3n) is 3.70. The number of furan rings is 1. The van der Waals surface area contributed by atoms with Gasteiger partial charge in [-0.15, -0.1) is 11.3 Å². The molecular formula is C15H14ClNO4S. The van der Waals surface area contributed by atoms with Crippen LogP contribution >= 0.6 is 22.9 Å². The summed E-state index contributed by atoms with van der Waals surface area (Å²) in [5.41, 5.74) is 2.10. The average Bonchev–Trinajstić information content (AvgIpc) is 2.98. The molecule has 1 N–H and O–H groups in total. The number of hydrogen-bond acceptors (Lipinski definition) is 4. The van der Waals surface area contributed by atoms with Crippen LogP contribution in [0.1, 0.15) is 32.1 Å². The molecule has 2 aromatic rings. The Morgan fingerprint density at radius 1 is 1.50 bits per heavy atom. The van der Waals surface area contributed by atoms with Crippen LogP contribution in [0.3, 0.4) is 0 Å². The van der Waals surface area contributed by atoms with Crippen LogP contribution in [-0.4, -0.2) is 28.4 Å². The van der Waals surface area contributed by atoms with Crippen molar-refractivity contribution >= 4 is 34.8 Å². The van der Waals surface area contributed by atoms with E-state index in [0.29, 0.717) is 24.2 Å². The highest BCUT2D eigenvalue weighted by atomic mass is 35.5. The van der Waals surface area contributed by atoms with Crippen molar-refractivity contribution in [3.63, 3.8) is 0 Å². The van der Waals surface area contributed by atoms with E-state index < -0.39 is 5.97 Å². The number of rotatable bonds is 3. The minimum atomic E-state index is -1.02. The second-order valence-corrected chi connectivity index (χ2v) is 7.03. The van der Waals surface area contributed by atoms with Gasteiger partial charge in [0.1, 0.15) is 12.2 Å². The maximum absolute atomic E-state index is 12.7. The Morgan fingerprint density at radius 2 is 2.27 bits per heavy atom. The Morgan fingerprint density at radius 3 is 3.00 bits per heavy atom. The van der Waals surface area contributed by atoms with Crippen LogP contribution in [-0.2, 0) is 24.2 Å². The fraction of sp³-hybridized carbons (Fsp3) is 0.333. The molecule has 0 atom stereocenters. The molecule has 3 rings (SSSR count). The Labute approximate surface area is 136 Å². The molecule has 116 valence electrons. The Kier molecular flexibility index (Phi) is 3.97. The topological polar surface area (TPSA) is 70.7 Å². The number of aliphatic carboxylic acids is 1. The van der Waals surface area contributed by atoms with Crippen molar-refractivity contribution in [2.24, 2.45) is 0 Å². The standard InChI is InChI=1S/C15H14ClNO4S/c1-8-7-21-10(5-13(18)19)14(8)15(20)17-3-2-11-9(6-17)4-12(16)22-11/h4,7H,2-3,5-6H2,1H3,(H,18,19). The minimum absolute atomic E-state index is 0.185. The summed E-state index contributed by atoms with van der Waals surface area (Å²) in [4.78, 5) is 26.6. The molecule has 0 aromatic carbocycles. The summed E-state index contributed by atoms with van der Waals surface area (Å²) in [6, 6.07) is 1.89. The van der Waals surface area contributed by atoms with Crippen molar-refractivity contribution in [3.8, 4) is 0 Å². The smallest absolute Gasteiger partial charge is 0.311 e. The first kappa shape index (κ1) is 15.1. The van der Waals surface area contributed by atoms with E-state index in [2.05, 4.69) is 0 Å². The first-order valence-corrected chi connectivity index (χ1v) is 8.00. The molecule has 1 amide bonds. The highest BCUT2D eigenvalue weighted by molar-refractivity contribution is 7.16. The molecular weight excluding hydrogens is 326 g/mol. The number of fused-ring (bicyclic) bond motifs is 1. The number of carbonyl (C=O) groups is 2. The summed E-state index contributed by atoms with van der Waals surface area (Å²) < 4.78 is 5.97. The summed E-state index contributed by atoms with van der Waals surface area (Å²) >= 11 is 7.57. The molecule has 7 heteroatoms. The minimum Gasteiger partial charge on any atom is -0.481 e. The predicted octanol–water partition coefficient (Wildman–Crippen LogP) is 3.13. The highest BCUT2D eigenvalue weighted by Gasteiger charge is 2.28. The Hall–Kier alpha value is -1.79. The van der Waals surface area contributed by atoms with E-state index in [1.54, 1.807) is 23.2 Å². The van der Waals surface area contributed by atoms with Crippen LogP contribution in [0.4, 0.5) is 0 Å². The van der Waals surface area contributed by atoms with E-state index in [9.17, 15) is 9.59 Å². The Balaban J connectivity index is 1.86. The van der Waals surface area contributed by atoms with Crippen molar-refractivity contribution in [3.05, 3.63) is 44.0 Å². The molecule has 0 fully saturated rings. The summed E-state index contributed by atoms with van der Waals surface area (Å²) in [7, 11) is 0. The molecule has 0 aliphatic carbocycles. The van der Waals surface area contributed by atoms with Gasteiger partial charge in [-0.25, -0.2) is 0 Å². The number of nitrogens with zero attached hydrogens (tertiary/aromatic N) is 1. The van der Waals surface area contributed by atoms with Crippen LogP contribution in [0.15, 0.2) is 16.7 Å². The zero-order chi connectivity index (χ0) is 15.9. The quantitative estimate of drug-likeness (QED) is 0.932. The lowest BCUT2D eigenvalue weighted by Gasteiger charge is -2.27. The third-order valence-corrected chi connectivity index (χ3v) is 5.07. The third kappa shape index (κ3) is 2.76. The van der Waals surface area contributed by atoms with Gasteiger partial charge in [-0.2, -0.15) is 0 Å². The lowest BCUT2D eigenvalue weighted by molar-refractivity contribution is -0.136. The summed E-state index contributed by atoms with van der Waals surface area (Å²) in [6.45, 7) is 2.84. The van der Waals surface area contributed by atoms with E-state index in [1.807, 2.05) is 6.07 Å². The van der Waals surface area contributed by atoms with Gasteiger partial charge in [-0.3, -0.25) is 9.59 Å². The number of amides is 1. The molecule has 0 unspecified atom stereocenters. The summed E-state index contributed by atoms with van der Waals surface area (Å²) in [5, 5.41) is 8.93. The van der Waals surface area contributed by atoms with Crippen molar-refractivity contribution in [1.82, 2.24) is 4.90 Å². The molecule has 3 heterocycles. The van der Waals surface area contributed by atoms with Crippen molar-refractivity contribution in [2.45, 2.75) is 26.3 Å². The molecule has 0 bridgehead atoms. The van der Waals surface area contributed by atoms with Crippen LogP contribution < -0.4 is 0 Å². The van der Waals surface area contributed by atoms with Crippen LogP contribution in [0.5, 0.6) is 0 Å². The van der Waals surface area contributed by atoms with E-state index in [0.717, 1.165) is 16.3 Å². The van der Waals surface area contributed by atoms with Gasteiger partial charge in [-0.05, 0) is 25.0 Å². The molecule has 0 saturated heterocycles. The van der Waals surface area contributed by atoms with E-state index in [1.165, 1.54) is 11.1 Å². The van der Waals surface area contributed by atoms with Gasteiger partial charge in [0.2, 0.25) is 0 Å². The maximum Gasteiger partial charge on any atom is 0.311 e. The Bertz CT molecular complexity index is 749. The first-order valence-electron chi connectivity index (χ1n) is 6.81. The van der Waals surface area contributed by atoms with Gasteiger partial charge in [0, 0.05) is 23.5 Å². The monoisotopic (exact) mass is 339 g/mol. The number of carbonyl (C=O) groups excluding carboxylic acids is 1. The molecule has 22 heavy (non-hydrogen) atoms. The fourth-order valence-corrected chi connectivity index (χ4v) is 3.98. The molecule has 1 aliphatic heterocycles. The molecule has 0 spiro atoms. The predicted molar refractivity (Wildman–Crippen MR) is 82.6 cm³/mol. The van der Waals surface area contributed by atoms with E-state index in [-0.39, 0.29) is 18.1 Å². The summed E-state index contributed by atoms with van der Waals surface area (Å²) in [5.74, 6) is -0.992. The second kappa shape index (κ2) is 5.78. The van der Waals surface area contributed by atoms with Gasteiger partial charge >= 0.3 is 5.97 Å². The van der Waals surface area contributed by atoms with Gasteiger partial charge < -0.3 is 14.4 Å². The normalized spacial score (nSPS) is 14.0. The average molecular weight is 340 g/mol. The number of carboxylic acid groups (broad SMARTS) is 1. The second-order valence-electron chi connectivity index (χ2n) is 5.26. The number of halogens is 1. The van der Waals surface area contributed by atoms with Gasteiger partial charge in [0.15, 0.2) is 0 Å². The fourth-order valence-electron chi connectivity index (χ4n) is 2.68. The van der Waals surface area contributed by atoms with E-state index >= 15 is 0 Å². The van der Waals surface area contributed by atoms with Crippen molar-refractivity contribution < 1.29 is 19.1 Å². The lowest BCUT2D eigenvalue weighted by atomic mass is 10.1. The first-order chi connectivity index (χ1) is 10.5. The van der Waals surface area contributed by atoms with E-state index in [4.69, 9.17) is 21.1 Å². The van der Waals surface area contributed by atoms with Crippen LogP contribution in [0, 0.1) is 6.92 Å². The summed E-state index contributed by atoms with van der Waals surface area (Å²) in [6.07, 6.45) is 1.91. The maximum atomic E-state index is 12.7. The van der Waals surface area contributed by atoms with Crippen LogP contribution in [0.25, 0.3) is 0 Å². The zero-order valence-corrected chi connectivity index (χ0v) is 13.5. The molecule has 2 aromatic heterocycles. The highest BCUT2D eigenvalue weighted by Crippen LogP contribution is 2.32. The number of hydrogen-bond donors (Lipinski definition) is 1. The van der Waals surface area contributed by atoms with Gasteiger partial charge in [-0.1, -0.05) is 11.6 Å². The molecule has 5 nitrogen and oxygen atoms in total. The zero-order valence-electron chi connectivity index (χ0n) is 11.9.